The number of carbonyl (C=O) groups is 1. The predicted octanol–water partition coefficient (Wildman–Crippen LogP) is 3.83. The van der Waals surface area contributed by atoms with Gasteiger partial charge in [0, 0.05) is 11.4 Å². The van der Waals surface area contributed by atoms with E-state index in [1.807, 2.05) is 6.07 Å². The van der Waals surface area contributed by atoms with Gasteiger partial charge in [0.1, 0.15) is 17.6 Å². The number of amides is 2. The van der Waals surface area contributed by atoms with E-state index in [1.165, 1.54) is 24.3 Å². The topological polar surface area (TPSA) is 83.4 Å². The van der Waals surface area contributed by atoms with E-state index in [2.05, 4.69) is 15.4 Å². The molecule has 2 aromatic rings. The Hall–Kier alpha value is -3.34. The van der Waals surface area contributed by atoms with Crippen LogP contribution in [-0.2, 0) is 0 Å². The molecule has 0 bridgehead atoms. The lowest BCUT2D eigenvalue weighted by molar-refractivity contribution is -0.0498. The smallest absolute Gasteiger partial charge is 0.387 e. The number of halogens is 2. The first-order valence-electron chi connectivity index (χ1n) is 6.79. The standard InChI is InChI=1S/C16H13F2N3O3/c17-15(18)24-14-7-3-12(4-8-14)21-16(22)20-11-1-5-13(6-2-11)23-10-9-19/h1-8,15H,10H2,(H2,20,21,22). The van der Waals surface area contributed by atoms with Crippen molar-refractivity contribution in [2.75, 3.05) is 17.2 Å². The van der Waals surface area contributed by atoms with Crippen molar-refractivity contribution in [3.8, 4) is 17.6 Å². The minimum atomic E-state index is -2.90. The maximum absolute atomic E-state index is 12.0. The number of ether oxygens (including phenoxy) is 2. The monoisotopic (exact) mass is 333 g/mol. The summed E-state index contributed by atoms with van der Waals surface area (Å²) < 4.78 is 33.4. The molecule has 0 spiro atoms. The molecule has 0 radical (unpaired) electrons. The van der Waals surface area contributed by atoms with Gasteiger partial charge in [-0.05, 0) is 48.5 Å². The van der Waals surface area contributed by atoms with Crippen LogP contribution in [0.2, 0.25) is 0 Å². The molecule has 8 heteroatoms. The second kappa shape index (κ2) is 8.33. The van der Waals surface area contributed by atoms with Crippen LogP contribution >= 0.6 is 0 Å². The van der Waals surface area contributed by atoms with Crippen molar-refractivity contribution in [1.29, 1.82) is 5.26 Å². The summed E-state index contributed by atoms with van der Waals surface area (Å²) in [5.74, 6) is 0.515. The molecule has 0 saturated carbocycles. The molecule has 0 saturated heterocycles. The number of hydrogen-bond donors (Lipinski definition) is 2. The Balaban J connectivity index is 1.87. The second-order valence-electron chi connectivity index (χ2n) is 4.45. The number of nitriles is 1. The molecule has 2 aromatic carbocycles. The van der Waals surface area contributed by atoms with Crippen LogP contribution < -0.4 is 20.1 Å². The van der Waals surface area contributed by atoms with Crippen molar-refractivity contribution in [1.82, 2.24) is 0 Å². The molecule has 2 rings (SSSR count). The van der Waals surface area contributed by atoms with E-state index in [0.717, 1.165) is 0 Å². The van der Waals surface area contributed by atoms with Crippen molar-refractivity contribution in [2.24, 2.45) is 0 Å². The molecule has 124 valence electrons. The van der Waals surface area contributed by atoms with Gasteiger partial charge < -0.3 is 20.1 Å². The maximum Gasteiger partial charge on any atom is 0.387 e. The van der Waals surface area contributed by atoms with Crippen molar-refractivity contribution in [3.05, 3.63) is 48.5 Å². The molecule has 0 aliphatic heterocycles. The lowest BCUT2D eigenvalue weighted by Crippen LogP contribution is -2.19. The van der Waals surface area contributed by atoms with Crippen LogP contribution in [0.15, 0.2) is 48.5 Å². The summed E-state index contributed by atoms with van der Waals surface area (Å²) >= 11 is 0. The Labute approximate surface area is 136 Å². The van der Waals surface area contributed by atoms with Gasteiger partial charge >= 0.3 is 12.6 Å². The van der Waals surface area contributed by atoms with Crippen LogP contribution in [0, 0.1) is 11.3 Å². The fraction of sp³-hybridized carbons (Fsp3) is 0.125. The van der Waals surface area contributed by atoms with Crippen LogP contribution in [-0.4, -0.2) is 19.2 Å². The average molecular weight is 333 g/mol. The number of urea groups is 1. The minimum Gasteiger partial charge on any atom is -0.479 e. The van der Waals surface area contributed by atoms with Gasteiger partial charge in [-0.3, -0.25) is 0 Å². The third-order valence-corrected chi connectivity index (χ3v) is 2.75. The highest BCUT2D eigenvalue weighted by molar-refractivity contribution is 5.99. The molecule has 2 N–H and O–H groups in total. The number of rotatable bonds is 6. The Morgan fingerprint density at radius 1 is 1.00 bits per heavy atom. The normalized spacial score (nSPS) is 9.92. The fourth-order valence-corrected chi connectivity index (χ4v) is 1.76. The van der Waals surface area contributed by atoms with E-state index in [0.29, 0.717) is 17.1 Å². The van der Waals surface area contributed by atoms with Crippen molar-refractivity contribution in [3.63, 3.8) is 0 Å². The van der Waals surface area contributed by atoms with Gasteiger partial charge in [-0.2, -0.15) is 14.0 Å². The largest absolute Gasteiger partial charge is 0.479 e. The van der Waals surface area contributed by atoms with Gasteiger partial charge in [-0.25, -0.2) is 4.79 Å². The predicted molar refractivity (Wildman–Crippen MR) is 83.3 cm³/mol. The number of nitrogens with one attached hydrogen (secondary N) is 2. The zero-order valence-electron chi connectivity index (χ0n) is 12.3. The van der Waals surface area contributed by atoms with Gasteiger partial charge in [0.2, 0.25) is 0 Å². The molecule has 0 aliphatic rings. The Morgan fingerprint density at radius 2 is 1.50 bits per heavy atom. The quantitative estimate of drug-likeness (QED) is 0.841. The molecule has 0 aliphatic carbocycles. The molecule has 6 nitrogen and oxygen atoms in total. The van der Waals surface area contributed by atoms with E-state index in [4.69, 9.17) is 10.00 Å². The number of alkyl halides is 2. The van der Waals surface area contributed by atoms with Gasteiger partial charge in [-0.15, -0.1) is 0 Å². The van der Waals surface area contributed by atoms with E-state index < -0.39 is 12.6 Å². The number of hydrogen-bond acceptors (Lipinski definition) is 4. The molecule has 24 heavy (non-hydrogen) atoms. The minimum absolute atomic E-state index is 0.00363. The summed E-state index contributed by atoms with van der Waals surface area (Å²) in [6.07, 6.45) is 0. The lowest BCUT2D eigenvalue weighted by atomic mass is 10.3. The van der Waals surface area contributed by atoms with E-state index in [9.17, 15) is 13.6 Å². The van der Waals surface area contributed by atoms with Crippen molar-refractivity contribution in [2.45, 2.75) is 6.61 Å². The molecule has 0 heterocycles. The van der Waals surface area contributed by atoms with Crippen molar-refractivity contribution >= 4 is 17.4 Å². The van der Waals surface area contributed by atoms with Crippen LogP contribution in [0.1, 0.15) is 0 Å². The highest BCUT2D eigenvalue weighted by atomic mass is 19.3. The first-order chi connectivity index (χ1) is 11.6. The van der Waals surface area contributed by atoms with Crippen LogP contribution in [0.3, 0.4) is 0 Å². The number of anilines is 2. The SMILES string of the molecule is N#CCOc1ccc(NC(=O)Nc2ccc(OC(F)F)cc2)cc1. The summed E-state index contributed by atoms with van der Waals surface area (Å²) in [5, 5.41) is 13.6. The third-order valence-electron chi connectivity index (χ3n) is 2.75. The van der Waals surface area contributed by atoms with Gasteiger partial charge in [-0.1, -0.05) is 0 Å². The molecule has 0 fully saturated rings. The Kier molecular flexibility index (Phi) is 5.91. The Morgan fingerprint density at radius 3 is 1.96 bits per heavy atom. The first kappa shape index (κ1) is 17.0. The zero-order chi connectivity index (χ0) is 17.4. The highest BCUT2D eigenvalue weighted by Gasteiger charge is 2.06. The molecule has 0 unspecified atom stereocenters. The highest BCUT2D eigenvalue weighted by Crippen LogP contribution is 2.19. The van der Waals surface area contributed by atoms with Gasteiger partial charge in [0.25, 0.3) is 0 Å². The van der Waals surface area contributed by atoms with Gasteiger partial charge in [0.05, 0.1) is 0 Å². The van der Waals surface area contributed by atoms with Crippen LogP contribution in [0.4, 0.5) is 25.0 Å². The van der Waals surface area contributed by atoms with E-state index >= 15 is 0 Å². The molecule has 0 aromatic heterocycles. The van der Waals surface area contributed by atoms with Crippen LogP contribution in [0.25, 0.3) is 0 Å². The summed E-state index contributed by atoms with van der Waals surface area (Å²) in [6.45, 7) is -2.95. The molecular formula is C16H13F2N3O3. The van der Waals surface area contributed by atoms with E-state index in [1.54, 1.807) is 24.3 Å². The molecule has 0 atom stereocenters. The fourth-order valence-electron chi connectivity index (χ4n) is 1.76. The third kappa shape index (κ3) is 5.46. The average Bonchev–Trinajstić information content (AvgIpc) is 2.55. The summed E-state index contributed by atoms with van der Waals surface area (Å²) in [6, 6.07) is 13.3. The molecular weight excluding hydrogens is 320 g/mol. The summed E-state index contributed by atoms with van der Waals surface area (Å²) in [7, 11) is 0. The first-order valence-corrected chi connectivity index (χ1v) is 6.79. The molecule has 2 amide bonds. The second-order valence-corrected chi connectivity index (χ2v) is 4.45. The zero-order valence-corrected chi connectivity index (χ0v) is 12.3. The lowest BCUT2D eigenvalue weighted by Gasteiger charge is -2.09. The number of benzene rings is 2. The number of carbonyl (C=O) groups excluding carboxylic acids is 1. The van der Waals surface area contributed by atoms with E-state index in [-0.39, 0.29) is 12.4 Å². The summed E-state index contributed by atoms with van der Waals surface area (Å²) in [4.78, 5) is 11.9. The van der Waals surface area contributed by atoms with Crippen LogP contribution in [0.5, 0.6) is 11.5 Å². The van der Waals surface area contributed by atoms with Crippen molar-refractivity contribution < 1.29 is 23.0 Å². The maximum atomic E-state index is 12.0. The number of nitrogens with zero attached hydrogens (tertiary/aromatic N) is 1. The summed E-state index contributed by atoms with van der Waals surface area (Å²) in [5.41, 5.74) is 0.942. The van der Waals surface area contributed by atoms with Gasteiger partial charge in [0.15, 0.2) is 6.61 Å². The Bertz CT molecular complexity index is 713.